The zero-order valence-corrected chi connectivity index (χ0v) is 18.5. The highest BCUT2D eigenvalue weighted by Crippen LogP contribution is 2.49. The summed E-state index contributed by atoms with van der Waals surface area (Å²) in [6.07, 6.45) is 6.25. The van der Waals surface area contributed by atoms with Crippen LogP contribution in [0.2, 0.25) is 0 Å². The lowest BCUT2D eigenvalue weighted by atomic mass is 9.59. The molecule has 2 aliphatic carbocycles. The van der Waals surface area contributed by atoms with Crippen molar-refractivity contribution in [1.29, 1.82) is 0 Å². The fourth-order valence-electron chi connectivity index (χ4n) is 5.04. The minimum atomic E-state index is -2.62. The highest BCUT2D eigenvalue weighted by Gasteiger charge is 2.63. The van der Waals surface area contributed by atoms with Crippen LogP contribution in [-0.4, -0.2) is 68.5 Å². The SMILES string of the molecule is C#Cc1ccc(O)c(C)c1C[C@H]1C[C@H]2[C@@H](N(C)C)C(=O)C(C(N)=O)=C(O)[C@@]2(O)C(=O)C1=CO. The first-order valence-corrected chi connectivity index (χ1v) is 10.2. The number of aromatic hydroxyl groups is 1. The third-order valence-electron chi connectivity index (χ3n) is 6.73. The van der Waals surface area contributed by atoms with Crippen LogP contribution in [0.3, 0.4) is 0 Å². The van der Waals surface area contributed by atoms with Crippen LogP contribution in [0.4, 0.5) is 0 Å². The van der Waals surface area contributed by atoms with E-state index in [-0.39, 0.29) is 24.2 Å². The van der Waals surface area contributed by atoms with E-state index >= 15 is 0 Å². The predicted octanol–water partition coefficient (Wildman–Crippen LogP) is 0.413. The third-order valence-corrected chi connectivity index (χ3v) is 6.73. The van der Waals surface area contributed by atoms with Gasteiger partial charge in [0.25, 0.3) is 5.91 Å². The van der Waals surface area contributed by atoms with Crippen molar-refractivity contribution in [3.63, 3.8) is 0 Å². The van der Waals surface area contributed by atoms with Gasteiger partial charge in [0.05, 0.1) is 12.3 Å². The molecule has 0 bridgehead atoms. The van der Waals surface area contributed by atoms with Crippen LogP contribution in [-0.2, 0) is 20.8 Å². The van der Waals surface area contributed by atoms with Crippen LogP contribution in [0.15, 0.2) is 35.3 Å². The number of carbonyl (C=O) groups excluding carboxylic acids is 3. The van der Waals surface area contributed by atoms with Crippen LogP contribution in [0, 0.1) is 31.1 Å². The van der Waals surface area contributed by atoms with Gasteiger partial charge in [0, 0.05) is 17.1 Å². The van der Waals surface area contributed by atoms with Gasteiger partial charge in [-0.2, -0.15) is 0 Å². The molecule has 9 nitrogen and oxygen atoms in total. The molecule has 0 aliphatic heterocycles. The second-order valence-corrected chi connectivity index (χ2v) is 8.66. The molecule has 0 aromatic heterocycles. The highest BCUT2D eigenvalue weighted by atomic mass is 16.3. The van der Waals surface area contributed by atoms with E-state index in [1.54, 1.807) is 13.0 Å². The Kier molecular flexibility index (Phi) is 6.11. The van der Waals surface area contributed by atoms with Gasteiger partial charge in [-0.25, -0.2) is 0 Å². The average molecular weight is 454 g/mol. The maximum atomic E-state index is 13.4. The second-order valence-electron chi connectivity index (χ2n) is 8.66. The quantitative estimate of drug-likeness (QED) is 0.189. The maximum Gasteiger partial charge on any atom is 0.255 e. The summed E-state index contributed by atoms with van der Waals surface area (Å²) in [5.74, 6) is -3.54. The minimum Gasteiger partial charge on any atom is -0.515 e. The number of hydrogen-bond donors (Lipinski definition) is 5. The van der Waals surface area contributed by atoms with Crippen LogP contribution < -0.4 is 5.73 Å². The summed E-state index contributed by atoms with van der Waals surface area (Å²) in [4.78, 5) is 39.8. The number of aliphatic hydroxyl groups is 3. The molecule has 1 aromatic carbocycles. The molecular formula is C24H26N2O7. The molecule has 9 heteroatoms. The first-order chi connectivity index (χ1) is 15.4. The molecule has 6 N–H and O–H groups in total. The summed E-state index contributed by atoms with van der Waals surface area (Å²) in [7, 11) is 3.08. The summed E-state index contributed by atoms with van der Waals surface area (Å²) in [6.45, 7) is 1.66. The Balaban J connectivity index is 2.19. The Labute approximate surface area is 190 Å². The first-order valence-electron chi connectivity index (χ1n) is 10.2. The van der Waals surface area contributed by atoms with Gasteiger partial charge in [-0.15, -0.1) is 6.42 Å². The monoisotopic (exact) mass is 454 g/mol. The lowest BCUT2D eigenvalue weighted by Crippen LogP contribution is -2.65. The predicted molar refractivity (Wildman–Crippen MR) is 118 cm³/mol. The number of hydrogen-bond acceptors (Lipinski definition) is 8. The van der Waals surface area contributed by atoms with E-state index in [0.717, 1.165) is 0 Å². The number of nitrogens with zero attached hydrogens (tertiary/aromatic N) is 1. The number of nitrogens with two attached hydrogens (primary N) is 1. The van der Waals surface area contributed by atoms with Crippen LogP contribution >= 0.6 is 0 Å². The number of amides is 1. The van der Waals surface area contributed by atoms with E-state index in [0.29, 0.717) is 23.0 Å². The number of primary amides is 1. The van der Waals surface area contributed by atoms with E-state index in [2.05, 4.69) is 5.92 Å². The van der Waals surface area contributed by atoms with E-state index < -0.39 is 52.3 Å². The van der Waals surface area contributed by atoms with Crippen molar-refractivity contribution >= 4 is 17.5 Å². The van der Waals surface area contributed by atoms with Crippen LogP contribution in [0.1, 0.15) is 23.1 Å². The molecule has 1 fully saturated rings. The number of ketones is 2. The number of benzene rings is 1. The standard InChI is InChI=1S/C24H26N2O7/c1-5-12-6-7-17(28)11(2)14(12)8-13-9-16-19(26(3)4)20(29)18(23(25)32)22(31)24(16,33)21(30)15(13)10-27/h1,6-7,10,13,16,19,27-28,31,33H,8-9H2,2-4H3,(H2,25,32)/t13-,16-,19+,24-/m0/s1. The Morgan fingerprint density at radius 1 is 1.33 bits per heavy atom. The van der Waals surface area contributed by atoms with Gasteiger partial charge in [0.1, 0.15) is 17.1 Å². The van der Waals surface area contributed by atoms with Gasteiger partial charge in [-0.1, -0.05) is 5.92 Å². The smallest absolute Gasteiger partial charge is 0.255 e. The largest absolute Gasteiger partial charge is 0.515 e. The molecule has 1 aromatic rings. The first kappa shape index (κ1) is 24.0. The molecule has 1 saturated carbocycles. The lowest BCUT2D eigenvalue weighted by Gasteiger charge is -2.49. The van der Waals surface area contributed by atoms with Gasteiger partial charge in [-0.05, 0) is 63.0 Å². The lowest BCUT2D eigenvalue weighted by molar-refractivity contribution is -0.153. The van der Waals surface area contributed by atoms with E-state index in [1.165, 1.54) is 25.1 Å². The molecular weight excluding hydrogens is 428 g/mol. The molecule has 2 aliphatic rings. The summed E-state index contributed by atoms with van der Waals surface area (Å²) in [5, 5.41) is 42.1. The van der Waals surface area contributed by atoms with Crippen molar-refractivity contribution in [1.82, 2.24) is 4.90 Å². The van der Waals surface area contributed by atoms with Crippen molar-refractivity contribution in [3.8, 4) is 18.1 Å². The van der Waals surface area contributed by atoms with Crippen molar-refractivity contribution in [2.75, 3.05) is 14.1 Å². The van der Waals surface area contributed by atoms with Gasteiger partial charge in [-0.3, -0.25) is 19.3 Å². The van der Waals surface area contributed by atoms with Crippen molar-refractivity contribution in [2.24, 2.45) is 17.6 Å². The number of Topliss-reactive ketones (excluding diaryl/α,β-unsaturated/α-hetero) is 2. The second kappa shape index (κ2) is 8.39. The Morgan fingerprint density at radius 2 is 1.97 bits per heavy atom. The minimum absolute atomic E-state index is 0.00265. The summed E-state index contributed by atoms with van der Waals surface area (Å²) >= 11 is 0. The van der Waals surface area contributed by atoms with Gasteiger partial charge in [0.15, 0.2) is 11.4 Å². The van der Waals surface area contributed by atoms with Crippen LogP contribution in [0.5, 0.6) is 5.75 Å². The Bertz CT molecular complexity index is 1160. The number of likely N-dealkylation sites (N-methyl/N-ethyl adjacent to an activating group) is 1. The Hall–Kier alpha value is -3.61. The Morgan fingerprint density at radius 3 is 2.48 bits per heavy atom. The molecule has 33 heavy (non-hydrogen) atoms. The maximum absolute atomic E-state index is 13.4. The van der Waals surface area contributed by atoms with E-state index in [9.17, 15) is 34.8 Å². The number of rotatable bonds is 4. The number of terminal acetylenes is 1. The molecule has 0 radical (unpaired) electrons. The van der Waals surface area contributed by atoms with E-state index in [4.69, 9.17) is 12.2 Å². The summed E-state index contributed by atoms with van der Waals surface area (Å²) in [6, 6.07) is 1.87. The van der Waals surface area contributed by atoms with Crippen molar-refractivity contribution in [3.05, 3.63) is 52.0 Å². The number of phenolic OH excluding ortho intramolecular Hbond substituents is 1. The molecule has 0 saturated heterocycles. The highest BCUT2D eigenvalue weighted by molar-refractivity contribution is 6.24. The van der Waals surface area contributed by atoms with Gasteiger partial charge in [0.2, 0.25) is 5.78 Å². The zero-order valence-electron chi connectivity index (χ0n) is 18.5. The topological polar surface area (TPSA) is 161 Å². The molecule has 3 rings (SSSR count). The molecule has 0 spiro atoms. The normalized spacial score (nSPS) is 28.7. The number of phenols is 1. The van der Waals surface area contributed by atoms with E-state index in [1.807, 2.05) is 0 Å². The number of carbonyl (C=O) groups is 3. The third kappa shape index (κ3) is 3.48. The van der Waals surface area contributed by atoms with Crippen molar-refractivity contribution in [2.45, 2.75) is 31.4 Å². The zero-order chi connectivity index (χ0) is 24.8. The number of aliphatic hydroxyl groups excluding tert-OH is 2. The van der Waals surface area contributed by atoms with Gasteiger partial charge >= 0.3 is 0 Å². The number of fused-ring (bicyclic) bond motifs is 1. The van der Waals surface area contributed by atoms with Gasteiger partial charge < -0.3 is 26.2 Å². The molecule has 0 heterocycles. The molecule has 4 atom stereocenters. The fourth-order valence-corrected chi connectivity index (χ4v) is 5.04. The molecule has 1 amide bonds. The average Bonchev–Trinajstić information content (AvgIpc) is 2.74. The summed E-state index contributed by atoms with van der Waals surface area (Å²) in [5.41, 5.74) is 3.16. The van der Waals surface area contributed by atoms with Crippen LogP contribution in [0.25, 0.3) is 0 Å². The molecule has 174 valence electrons. The summed E-state index contributed by atoms with van der Waals surface area (Å²) < 4.78 is 0. The fraction of sp³-hybridized carbons (Fsp3) is 0.375. The molecule has 0 unspecified atom stereocenters. The van der Waals surface area contributed by atoms with Crippen molar-refractivity contribution < 1.29 is 34.8 Å².